The van der Waals surface area contributed by atoms with Crippen molar-refractivity contribution in [2.24, 2.45) is 0 Å². The van der Waals surface area contributed by atoms with Crippen molar-refractivity contribution in [3.63, 3.8) is 0 Å². The number of anilines is 2. The fourth-order valence-corrected chi connectivity index (χ4v) is 2.76. The van der Waals surface area contributed by atoms with Gasteiger partial charge in [0.1, 0.15) is 5.00 Å². The van der Waals surface area contributed by atoms with Gasteiger partial charge in [-0.3, -0.25) is 4.79 Å². The molecule has 1 atom stereocenters. The first-order chi connectivity index (χ1) is 9.77. The first kappa shape index (κ1) is 17.8. The molecule has 1 heterocycles. The normalized spacial score (nSPS) is 12.8. The van der Waals surface area contributed by atoms with E-state index in [-0.39, 0.29) is 11.9 Å². The van der Waals surface area contributed by atoms with Crippen molar-refractivity contribution < 1.29 is 9.53 Å². The van der Waals surface area contributed by atoms with E-state index < -0.39 is 0 Å². The maximum absolute atomic E-state index is 12.0. The van der Waals surface area contributed by atoms with Crippen LogP contribution in [0.25, 0.3) is 0 Å². The molecule has 1 unspecified atom stereocenters. The van der Waals surface area contributed by atoms with Crippen LogP contribution in [0.5, 0.6) is 5.75 Å². The molecule has 21 heavy (non-hydrogen) atoms. The van der Waals surface area contributed by atoms with Gasteiger partial charge in [0.05, 0.1) is 16.7 Å². The minimum Gasteiger partial charge on any atom is -0.486 e. The average molecular weight is 313 g/mol. The van der Waals surface area contributed by atoms with Gasteiger partial charge < -0.3 is 20.7 Å². The van der Waals surface area contributed by atoms with Crippen molar-refractivity contribution in [3.8, 4) is 5.75 Å². The van der Waals surface area contributed by atoms with E-state index in [0.29, 0.717) is 28.8 Å². The molecule has 0 bridgehead atoms. The van der Waals surface area contributed by atoms with E-state index in [1.807, 2.05) is 34.9 Å². The van der Waals surface area contributed by atoms with E-state index in [9.17, 15) is 4.79 Å². The monoisotopic (exact) mass is 313 g/mol. The van der Waals surface area contributed by atoms with E-state index in [2.05, 4.69) is 17.1 Å². The molecule has 0 aromatic carbocycles. The fraction of sp³-hybridized carbons (Fsp3) is 0.667. The van der Waals surface area contributed by atoms with Gasteiger partial charge in [-0.25, -0.2) is 0 Å². The zero-order valence-electron chi connectivity index (χ0n) is 13.8. The molecule has 5 nitrogen and oxygen atoms in total. The lowest BCUT2D eigenvalue weighted by atomic mass is 10.2. The Hall–Kier alpha value is -1.27. The predicted molar refractivity (Wildman–Crippen MR) is 90.8 cm³/mol. The number of nitrogen functional groups attached to an aromatic ring is 1. The zero-order chi connectivity index (χ0) is 16.2. The Bertz CT molecular complexity index is 484. The molecule has 3 N–H and O–H groups in total. The third-order valence-corrected chi connectivity index (χ3v) is 4.45. The number of ketones is 1. The van der Waals surface area contributed by atoms with Crippen LogP contribution in [0.1, 0.15) is 43.8 Å². The van der Waals surface area contributed by atoms with Crippen molar-refractivity contribution in [1.82, 2.24) is 4.90 Å². The van der Waals surface area contributed by atoms with Crippen LogP contribution in [0.15, 0.2) is 0 Å². The molecule has 0 spiro atoms. The Kier molecular flexibility index (Phi) is 6.48. The number of hydrogen-bond acceptors (Lipinski definition) is 6. The van der Waals surface area contributed by atoms with Crippen LogP contribution in [0.3, 0.4) is 0 Å². The summed E-state index contributed by atoms with van der Waals surface area (Å²) in [7, 11) is 4.07. The van der Waals surface area contributed by atoms with Gasteiger partial charge in [-0.2, -0.15) is 0 Å². The van der Waals surface area contributed by atoms with Crippen LogP contribution in [0.2, 0.25) is 0 Å². The van der Waals surface area contributed by atoms with E-state index in [1.54, 1.807) is 0 Å². The summed E-state index contributed by atoms with van der Waals surface area (Å²) in [5, 5.41) is 4.20. The molecule has 1 rings (SSSR count). The summed E-state index contributed by atoms with van der Waals surface area (Å²) in [5.41, 5.74) is 6.57. The van der Waals surface area contributed by atoms with Gasteiger partial charge in [0.25, 0.3) is 0 Å². The molecule has 0 radical (unpaired) electrons. The number of carbonyl (C=O) groups is 1. The number of ether oxygens (including phenoxy) is 1. The number of nitrogens with two attached hydrogens (primary N) is 1. The molecule has 0 fully saturated rings. The molecule has 0 aliphatic carbocycles. The predicted octanol–water partition coefficient (Wildman–Crippen LogP) is 3.07. The molecule has 0 aliphatic rings. The molecule has 1 aromatic heterocycles. The summed E-state index contributed by atoms with van der Waals surface area (Å²) in [6, 6.07) is 0.366. The molecular formula is C15H27N3O2S. The summed E-state index contributed by atoms with van der Waals surface area (Å²) in [5.74, 6) is 0.664. The van der Waals surface area contributed by atoms with E-state index in [4.69, 9.17) is 10.5 Å². The Labute approximate surface area is 131 Å². The topological polar surface area (TPSA) is 67.6 Å². The maximum Gasteiger partial charge on any atom is 0.177 e. The number of likely N-dealkylation sites (N-methyl/N-ethyl adjacent to an activating group) is 1. The maximum atomic E-state index is 12.0. The van der Waals surface area contributed by atoms with E-state index in [0.717, 1.165) is 11.5 Å². The lowest BCUT2D eigenvalue weighted by molar-refractivity contribution is 0.0992. The number of rotatable bonds is 8. The van der Waals surface area contributed by atoms with Crippen molar-refractivity contribution in [2.45, 2.75) is 46.3 Å². The molecule has 120 valence electrons. The quantitative estimate of drug-likeness (QED) is 0.722. The Morgan fingerprint density at radius 2 is 2.00 bits per heavy atom. The van der Waals surface area contributed by atoms with Gasteiger partial charge in [0.15, 0.2) is 11.5 Å². The average Bonchev–Trinajstić information content (AvgIpc) is 2.72. The summed E-state index contributed by atoms with van der Waals surface area (Å²) in [4.78, 5) is 14.7. The number of nitrogens with zero attached hydrogens (tertiary/aromatic N) is 1. The van der Waals surface area contributed by atoms with Crippen LogP contribution in [-0.4, -0.2) is 43.5 Å². The molecule has 1 aromatic rings. The lowest BCUT2D eigenvalue weighted by Gasteiger charge is -2.20. The largest absolute Gasteiger partial charge is 0.486 e. The van der Waals surface area contributed by atoms with Gasteiger partial charge in [0, 0.05) is 19.0 Å². The highest BCUT2D eigenvalue weighted by Gasteiger charge is 2.22. The Morgan fingerprint density at radius 1 is 1.38 bits per heavy atom. The first-order valence-electron chi connectivity index (χ1n) is 7.30. The number of carbonyl (C=O) groups excluding carboxylic acids is 1. The molecular weight excluding hydrogens is 286 g/mol. The van der Waals surface area contributed by atoms with E-state index >= 15 is 0 Å². The summed E-state index contributed by atoms with van der Waals surface area (Å²) in [6.45, 7) is 8.63. The zero-order valence-corrected chi connectivity index (χ0v) is 14.6. The van der Waals surface area contributed by atoms with E-state index in [1.165, 1.54) is 11.3 Å². The van der Waals surface area contributed by atoms with Crippen molar-refractivity contribution in [2.75, 3.05) is 31.7 Å². The summed E-state index contributed by atoms with van der Waals surface area (Å²) >= 11 is 1.39. The molecule has 0 amide bonds. The van der Waals surface area contributed by atoms with Gasteiger partial charge in [0.2, 0.25) is 0 Å². The van der Waals surface area contributed by atoms with Crippen molar-refractivity contribution >= 4 is 27.8 Å². The third-order valence-electron chi connectivity index (χ3n) is 3.27. The second-order valence-corrected chi connectivity index (χ2v) is 6.66. The van der Waals surface area contributed by atoms with Crippen molar-refractivity contribution in [1.29, 1.82) is 0 Å². The minimum absolute atomic E-state index is 0.0123. The fourth-order valence-electron chi connectivity index (χ4n) is 1.69. The Balaban J connectivity index is 3.02. The van der Waals surface area contributed by atoms with Gasteiger partial charge in [-0.1, -0.05) is 6.92 Å². The highest BCUT2D eigenvalue weighted by molar-refractivity contribution is 7.19. The van der Waals surface area contributed by atoms with Gasteiger partial charge >= 0.3 is 0 Å². The van der Waals surface area contributed by atoms with Crippen LogP contribution in [0.4, 0.5) is 10.7 Å². The van der Waals surface area contributed by atoms with Crippen molar-refractivity contribution in [3.05, 3.63) is 4.88 Å². The smallest absolute Gasteiger partial charge is 0.177 e. The molecule has 0 aliphatic heterocycles. The van der Waals surface area contributed by atoms with Gasteiger partial charge in [-0.05, 0) is 34.9 Å². The molecule has 0 saturated heterocycles. The number of hydrogen-bond donors (Lipinski definition) is 2. The standard InChI is InChI=1S/C15H27N3O2S/c1-7-11(19)14-12(16)13(20-9(2)3)15(21-14)17-8-10(4)18(5)6/h9-10,17H,7-8,16H2,1-6H3. The molecule has 6 heteroatoms. The van der Waals surface area contributed by atoms with Crippen LogP contribution in [-0.2, 0) is 0 Å². The second kappa shape index (κ2) is 7.66. The number of thiophene rings is 1. The Morgan fingerprint density at radius 3 is 2.48 bits per heavy atom. The minimum atomic E-state index is 0.0123. The highest BCUT2D eigenvalue weighted by Crippen LogP contribution is 2.43. The number of Topliss-reactive ketones (excluding diaryl/α,β-unsaturated/α-hetero) is 1. The SMILES string of the molecule is CCC(=O)c1sc(NCC(C)N(C)C)c(OC(C)C)c1N. The summed E-state index contributed by atoms with van der Waals surface area (Å²) < 4.78 is 5.80. The second-order valence-electron chi connectivity index (χ2n) is 5.64. The van der Waals surface area contributed by atoms with Crippen LogP contribution in [0, 0.1) is 0 Å². The molecule has 0 saturated carbocycles. The van der Waals surface area contributed by atoms with Crippen LogP contribution >= 0.6 is 11.3 Å². The highest BCUT2D eigenvalue weighted by atomic mass is 32.1. The third kappa shape index (κ3) is 4.61. The van der Waals surface area contributed by atoms with Crippen LogP contribution < -0.4 is 15.8 Å². The van der Waals surface area contributed by atoms with Gasteiger partial charge in [-0.15, -0.1) is 11.3 Å². The summed E-state index contributed by atoms with van der Waals surface area (Å²) in [6.07, 6.45) is 0.456. The lowest BCUT2D eigenvalue weighted by Crippen LogP contribution is -2.31. The number of nitrogens with one attached hydrogen (secondary N) is 1. The first-order valence-corrected chi connectivity index (χ1v) is 8.11.